The SMILES string of the molecule is Cc1cccc(-n2c([C@H](C)NCc3nc(N)nc4nc[nH]c(=O)c34)nc3cccc(Cl)c3c2=O)c1. The van der Waals surface area contributed by atoms with Gasteiger partial charge in [0.05, 0.1) is 39.7 Å². The molecule has 0 fully saturated rings. The van der Waals surface area contributed by atoms with Crippen molar-refractivity contribution in [1.82, 2.24) is 34.8 Å². The van der Waals surface area contributed by atoms with Crippen molar-refractivity contribution >= 4 is 39.5 Å². The van der Waals surface area contributed by atoms with Crippen LogP contribution in [0.15, 0.2) is 58.4 Å². The fourth-order valence-electron chi connectivity index (χ4n) is 4.05. The first kappa shape index (κ1) is 22.6. The lowest BCUT2D eigenvalue weighted by atomic mass is 10.1. The number of rotatable bonds is 5. The third-order valence-electron chi connectivity index (χ3n) is 5.69. The van der Waals surface area contributed by atoms with E-state index in [0.717, 1.165) is 5.56 Å². The summed E-state index contributed by atoms with van der Waals surface area (Å²) in [5.41, 5.74) is 7.95. The van der Waals surface area contributed by atoms with E-state index in [0.29, 0.717) is 33.1 Å². The molecule has 0 radical (unpaired) electrons. The minimum atomic E-state index is -0.423. The molecule has 0 bridgehead atoms. The molecule has 0 aliphatic heterocycles. The van der Waals surface area contributed by atoms with Crippen molar-refractivity contribution in [3.05, 3.63) is 91.6 Å². The summed E-state index contributed by atoms with van der Waals surface area (Å²) in [6.45, 7) is 3.99. The molecule has 0 aliphatic carbocycles. The fraction of sp³-hybridized carbons (Fsp3) is 0.167. The number of nitrogens with one attached hydrogen (secondary N) is 2. The van der Waals surface area contributed by atoms with E-state index in [4.69, 9.17) is 22.3 Å². The van der Waals surface area contributed by atoms with Crippen LogP contribution >= 0.6 is 11.6 Å². The van der Waals surface area contributed by atoms with Crippen LogP contribution in [0, 0.1) is 6.92 Å². The van der Waals surface area contributed by atoms with Gasteiger partial charge in [-0.25, -0.2) is 15.0 Å². The lowest BCUT2D eigenvalue weighted by Crippen LogP contribution is -2.30. The van der Waals surface area contributed by atoms with Gasteiger partial charge in [-0.3, -0.25) is 14.2 Å². The second-order valence-corrected chi connectivity index (χ2v) is 8.55. The number of halogens is 1. The average Bonchev–Trinajstić information content (AvgIpc) is 2.82. The summed E-state index contributed by atoms with van der Waals surface area (Å²) < 4.78 is 1.56. The van der Waals surface area contributed by atoms with Crippen molar-refractivity contribution in [1.29, 1.82) is 0 Å². The highest BCUT2D eigenvalue weighted by Gasteiger charge is 2.20. The zero-order valence-corrected chi connectivity index (χ0v) is 19.7. The number of benzene rings is 2. The number of nitrogens with two attached hydrogens (primary N) is 1. The maximum absolute atomic E-state index is 13.6. The van der Waals surface area contributed by atoms with Gasteiger partial charge in [-0.05, 0) is 43.7 Å². The van der Waals surface area contributed by atoms with E-state index in [1.807, 2.05) is 38.1 Å². The number of hydrogen-bond acceptors (Lipinski definition) is 8. The molecule has 4 N–H and O–H groups in total. The number of nitrogens with zero attached hydrogens (tertiary/aromatic N) is 5. The molecule has 3 heterocycles. The number of anilines is 1. The van der Waals surface area contributed by atoms with Gasteiger partial charge in [0.1, 0.15) is 11.2 Å². The summed E-state index contributed by atoms with van der Waals surface area (Å²) in [5.74, 6) is 0.490. The van der Waals surface area contributed by atoms with E-state index in [1.54, 1.807) is 22.8 Å². The Labute approximate surface area is 203 Å². The first-order valence-corrected chi connectivity index (χ1v) is 11.2. The van der Waals surface area contributed by atoms with Crippen molar-refractivity contribution < 1.29 is 0 Å². The lowest BCUT2D eigenvalue weighted by Gasteiger charge is -2.20. The van der Waals surface area contributed by atoms with E-state index < -0.39 is 6.04 Å². The van der Waals surface area contributed by atoms with E-state index in [9.17, 15) is 9.59 Å². The zero-order valence-electron chi connectivity index (χ0n) is 18.9. The predicted molar refractivity (Wildman–Crippen MR) is 135 cm³/mol. The van der Waals surface area contributed by atoms with Gasteiger partial charge >= 0.3 is 0 Å². The predicted octanol–water partition coefficient (Wildman–Crippen LogP) is 2.81. The first-order valence-electron chi connectivity index (χ1n) is 10.8. The summed E-state index contributed by atoms with van der Waals surface area (Å²) in [7, 11) is 0. The molecule has 3 aromatic heterocycles. The van der Waals surface area contributed by atoms with E-state index in [1.165, 1.54) is 6.33 Å². The number of fused-ring (bicyclic) bond motifs is 2. The third-order valence-corrected chi connectivity index (χ3v) is 6.00. The summed E-state index contributed by atoms with van der Waals surface area (Å²) in [5, 5.41) is 4.24. The van der Waals surface area contributed by atoms with Gasteiger partial charge in [0.15, 0.2) is 5.65 Å². The minimum Gasteiger partial charge on any atom is -0.368 e. The molecule has 0 amide bonds. The maximum Gasteiger partial charge on any atom is 0.267 e. The molecular weight excluding hydrogens is 468 g/mol. The Hall–Kier alpha value is -4.15. The Morgan fingerprint density at radius 1 is 1.11 bits per heavy atom. The Kier molecular flexibility index (Phi) is 5.75. The number of hydrogen-bond donors (Lipinski definition) is 3. The van der Waals surface area contributed by atoms with Crippen molar-refractivity contribution in [2.45, 2.75) is 26.4 Å². The zero-order chi connectivity index (χ0) is 24.7. The fourth-order valence-corrected chi connectivity index (χ4v) is 4.30. The number of nitrogen functional groups attached to an aromatic ring is 1. The topological polar surface area (TPSA) is 144 Å². The van der Waals surface area contributed by atoms with Crippen LogP contribution in [0.2, 0.25) is 5.02 Å². The largest absolute Gasteiger partial charge is 0.368 e. The molecule has 10 nitrogen and oxygen atoms in total. The smallest absolute Gasteiger partial charge is 0.267 e. The van der Waals surface area contributed by atoms with Crippen molar-refractivity contribution in [2.75, 3.05) is 5.73 Å². The van der Waals surface area contributed by atoms with Crippen LogP contribution in [0.1, 0.15) is 30.0 Å². The van der Waals surface area contributed by atoms with Crippen LogP contribution in [0.25, 0.3) is 27.6 Å². The molecule has 0 saturated heterocycles. The summed E-state index contributed by atoms with van der Waals surface area (Å²) >= 11 is 6.38. The molecule has 2 aromatic carbocycles. The molecular formula is C24H21ClN8O2. The van der Waals surface area contributed by atoms with Gasteiger partial charge in [-0.2, -0.15) is 4.98 Å². The van der Waals surface area contributed by atoms with Crippen LogP contribution in [-0.2, 0) is 6.54 Å². The van der Waals surface area contributed by atoms with Gasteiger partial charge in [0, 0.05) is 6.54 Å². The highest BCUT2D eigenvalue weighted by Crippen LogP contribution is 2.23. The first-order chi connectivity index (χ1) is 16.8. The molecule has 5 aromatic rings. The van der Waals surface area contributed by atoms with Gasteiger partial charge in [-0.1, -0.05) is 29.8 Å². The molecule has 5 rings (SSSR count). The second kappa shape index (κ2) is 8.90. The standard InChI is InChI=1S/C24H21ClN8O2/c1-12-5-3-6-14(9-12)33-21(30-16-8-4-7-15(25)18(16)23(33)35)13(2)27-10-17-19-20(32-24(26)31-17)28-11-29-22(19)34/h3-9,11,13,27H,10H2,1-2H3,(H3,26,28,29,31,32,34)/t13-/m0/s1. The Bertz CT molecular complexity index is 1710. The van der Waals surface area contributed by atoms with Crippen LogP contribution in [0.4, 0.5) is 5.95 Å². The van der Waals surface area contributed by atoms with Crippen LogP contribution < -0.4 is 22.2 Å². The number of H-pyrrole nitrogens is 1. The lowest BCUT2D eigenvalue weighted by molar-refractivity contribution is 0.529. The third kappa shape index (κ3) is 4.13. The van der Waals surface area contributed by atoms with Crippen molar-refractivity contribution in [3.63, 3.8) is 0 Å². The minimum absolute atomic E-state index is 0.00944. The molecule has 0 aliphatic rings. The molecule has 0 saturated carbocycles. The maximum atomic E-state index is 13.6. The van der Waals surface area contributed by atoms with Crippen molar-refractivity contribution in [2.24, 2.45) is 0 Å². The van der Waals surface area contributed by atoms with E-state index >= 15 is 0 Å². The normalized spacial score (nSPS) is 12.3. The summed E-state index contributed by atoms with van der Waals surface area (Å²) in [6.07, 6.45) is 1.27. The Morgan fingerprint density at radius 2 is 1.91 bits per heavy atom. The van der Waals surface area contributed by atoms with Crippen molar-refractivity contribution in [3.8, 4) is 5.69 Å². The van der Waals surface area contributed by atoms with Gasteiger partial charge < -0.3 is 16.0 Å². The monoisotopic (exact) mass is 488 g/mol. The number of aryl methyl sites for hydroxylation is 1. The number of aromatic nitrogens is 6. The molecule has 0 spiro atoms. The van der Waals surface area contributed by atoms with Gasteiger partial charge in [0.25, 0.3) is 11.1 Å². The highest BCUT2D eigenvalue weighted by molar-refractivity contribution is 6.35. The van der Waals surface area contributed by atoms with Gasteiger partial charge in [-0.15, -0.1) is 0 Å². The van der Waals surface area contributed by atoms with Crippen LogP contribution in [-0.4, -0.2) is 29.5 Å². The molecule has 35 heavy (non-hydrogen) atoms. The molecule has 176 valence electrons. The Balaban J connectivity index is 1.62. The van der Waals surface area contributed by atoms with Gasteiger partial charge in [0.2, 0.25) is 5.95 Å². The average molecular weight is 489 g/mol. The Morgan fingerprint density at radius 3 is 2.71 bits per heavy atom. The quantitative estimate of drug-likeness (QED) is 0.342. The highest BCUT2D eigenvalue weighted by atomic mass is 35.5. The molecule has 0 unspecified atom stereocenters. The summed E-state index contributed by atoms with van der Waals surface area (Å²) in [4.78, 5) is 45.7. The van der Waals surface area contributed by atoms with Crippen LogP contribution in [0.3, 0.4) is 0 Å². The van der Waals surface area contributed by atoms with Crippen LogP contribution in [0.5, 0.6) is 0 Å². The molecule has 1 atom stereocenters. The number of aromatic amines is 1. The molecule has 11 heteroatoms. The second-order valence-electron chi connectivity index (χ2n) is 8.14. The summed E-state index contributed by atoms with van der Waals surface area (Å²) in [6, 6.07) is 12.3. The van der Waals surface area contributed by atoms with E-state index in [2.05, 4.69) is 25.3 Å². The van der Waals surface area contributed by atoms with E-state index in [-0.39, 0.29) is 34.6 Å².